The van der Waals surface area contributed by atoms with Gasteiger partial charge in [0.2, 0.25) is 15.8 Å². The molecule has 1 heterocycles. The van der Waals surface area contributed by atoms with Crippen molar-refractivity contribution in [2.45, 2.75) is 74.4 Å². The van der Waals surface area contributed by atoms with Gasteiger partial charge >= 0.3 is 6.09 Å². The van der Waals surface area contributed by atoms with Crippen LogP contribution in [-0.2, 0) is 34.1 Å². The van der Waals surface area contributed by atoms with E-state index in [1.807, 2.05) is 54.6 Å². The maximum absolute atomic E-state index is 15.6. The van der Waals surface area contributed by atoms with E-state index in [1.165, 1.54) is 20.9 Å². The number of halogens is 1. The first kappa shape index (κ1) is 45.9. The van der Waals surface area contributed by atoms with Gasteiger partial charge in [-0.15, -0.1) is 22.0 Å². The normalized spacial score (nSPS) is 12.6. The predicted molar refractivity (Wildman–Crippen MR) is 239 cm³/mol. The Bertz CT molecular complexity index is 2240. The number of hydrogen-bond donors (Lipinski definition) is 2. The van der Waals surface area contributed by atoms with Gasteiger partial charge in [-0.25, -0.2) is 13.2 Å². The van der Waals surface area contributed by atoms with Gasteiger partial charge in [0.15, 0.2) is 8.32 Å². The Morgan fingerprint density at radius 2 is 1.37 bits per heavy atom. The van der Waals surface area contributed by atoms with Crippen molar-refractivity contribution in [1.29, 1.82) is 0 Å². The lowest BCUT2D eigenvalue weighted by molar-refractivity contribution is 0.173. The van der Waals surface area contributed by atoms with Crippen molar-refractivity contribution in [2.75, 3.05) is 33.6 Å². The number of sulfonamides is 1. The molecule has 18 heteroatoms. The monoisotopic (exact) mass is 974 g/mol. The molecule has 1 aromatic heterocycles. The highest BCUT2D eigenvalue weighted by molar-refractivity contribution is 14.1. The summed E-state index contributed by atoms with van der Waals surface area (Å²) in [5.74, 6) is 2.40. The molecule has 59 heavy (non-hydrogen) atoms. The van der Waals surface area contributed by atoms with Crippen molar-refractivity contribution < 1.29 is 37.0 Å². The molecular formula is C41H51IN6O8S2Si. The quantitative estimate of drug-likeness (QED) is 0.0464. The summed E-state index contributed by atoms with van der Waals surface area (Å²) < 4.78 is 56.0. The lowest BCUT2D eigenvalue weighted by Gasteiger charge is -2.39. The van der Waals surface area contributed by atoms with Crippen LogP contribution in [0.1, 0.15) is 37.5 Å². The van der Waals surface area contributed by atoms with Crippen LogP contribution in [-0.4, -0.2) is 92.2 Å². The van der Waals surface area contributed by atoms with Crippen LogP contribution in [0.25, 0.3) is 11.4 Å². The van der Waals surface area contributed by atoms with Gasteiger partial charge in [0.25, 0.3) is 0 Å². The van der Waals surface area contributed by atoms with Crippen LogP contribution in [0, 0.1) is 3.57 Å². The van der Waals surface area contributed by atoms with Crippen LogP contribution in [0.5, 0.6) is 17.2 Å². The summed E-state index contributed by atoms with van der Waals surface area (Å²) in [6.07, 6.45) is -1.73. The summed E-state index contributed by atoms with van der Waals surface area (Å²) in [4.78, 5) is 13.5. The van der Waals surface area contributed by atoms with Gasteiger partial charge in [0.05, 0.1) is 39.5 Å². The van der Waals surface area contributed by atoms with Crippen molar-refractivity contribution in [3.63, 3.8) is 0 Å². The fourth-order valence-electron chi connectivity index (χ4n) is 5.76. The Labute approximate surface area is 365 Å². The van der Waals surface area contributed by atoms with Crippen molar-refractivity contribution in [1.82, 2.24) is 29.8 Å². The molecule has 14 nitrogen and oxygen atoms in total. The lowest BCUT2D eigenvalue weighted by Crippen LogP contribution is -2.47. The molecule has 0 spiro atoms. The zero-order valence-corrected chi connectivity index (χ0v) is 39.2. The van der Waals surface area contributed by atoms with Crippen LogP contribution in [0.15, 0.2) is 94.7 Å². The largest absolute Gasteiger partial charge is 0.497 e. The molecular weight excluding hydrogens is 924 g/mol. The van der Waals surface area contributed by atoms with Gasteiger partial charge in [0, 0.05) is 33.9 Å². The minimum atomic E-state index is -4.38. The first-order valence-electron chi connectivity index (χ1n) is 18.7. The Morgan fingerprint density at radius 1 is 0.864 bits per heavy atom. The number of tetrazole rings is 1. The molecule has 0 aliphatic rings. The molecule has 0 saturated carbocycles. The highest BCUT2D eigenvalue weighted by Gasteiger charge is 2.40. The zero-order valence-electron chi connectivity index (χ0n) is 34.4. The average Bonchev–Trinajstić information content (AvgIpc) is 3.66. The van der Waals surface area contributed by atoms with E-state index in [2.05, 4.69) is 72.1 Å². The summed E-state index contributed by atoms with van der Waals surface area (Å²) in [5, 5.41) is 25.3. The number of carbonyl (C=O) groups is 1. The van der Waals surface area contributed by atoms with E-state index in [0.717, 1.165) is 16.7 Å². The number of nitrogens with zero attached hydrogens (tertiary/aromatic N) is 5. The zero-order chi connectivity index (χ0) is 43.0. The molecule has 1 unspecified atom stereocenters. The van der Waals surface area contributed by atoms with Crippen LogP contribution in [0.2, 0.25) is 18.1 Å². The highest BCUT2D eigenvalue weighted by Crippen LogP contribution is 2.42. The Morgan fingerprint density at radius 3 is 1.85 bits per heavy atom. The number of carboxylic acid groups (broad SMARTS) is 1. The van der Waals surface area contributed by atoms with Gasteiger partial charge in [-0.2, -0.15) is 9.10 Å². The predicted octanol–water partition coefficient (Wildman–Crippen LogP) is 8.16. The summed E-state index contributed by atoms with van der Waals surface area (Å²) in [6.45, 7) is 10.9. The topological polar surface area (TPSA) is 167 Å². The first-order chi connectivity index (χ1) is 27.9. The molecule has 0 bridgehead atoms. The van der Waals surface area contributed by atoms with Crippen molar-refractivity contribution in [2.24, 2.45) is 0 Å². The van der Waals surface area contributed by atoms with Gasteiger partial charge in [-0.3, -0.25) is 0 Å². The Balaban J connectivity index is 1.64. The van der Waals surface area contributed by atoms with E-state index in [4.69, 9.17) is 23.7 Å². The minimum Gasteiger partial charge on any atom is -0.497 e. The third-order valence-corrected chi connectivity index (χ3v) is 18.7. The number of benzene rings is 4. The number of rotatable bonds is 19. The number of hydrogen-bond acceptors (Lipinski definition) is 11. The van der Waals surface area contributed by atoms with Gasteiger partial charge in [0.1, 0.15) is 22.1 Å². The molecule has 316 valence electrons. The maximum atomic E-state index is 15.6. The average molecular weight is 975 g/mol. The molecule has 5 aromatic rings. The van der Waals surface area contributed by atoms with Crippen LogP contribution in [0.3, 0.4) is 0 Å². The van der Waals surface area contributed by atoms with Crippen LogP contribution in [0.4, 0.5) is 4.79 Å². The van der Waals surface area contributed by atoms with Crippen LogP contribution >= 0.6 is 34.4 Å². The number of nitrogens with one attached hydrogen (secondary N) is 1. The van der Waals surface area contributed by atoms with Gasteiger partial charge in [-0.1, -0.05) is 57.2 Å². The van der Waals surface area contributed by atoms with Gasteiger partial charge < -0.3 is 29.1 Å². The molecule has 0 radical (unpaired) electrons. The van der Waals surface area contributed by atoms with E-state index < -0.39 is 30.5 Å². The fourth-order valence-corrected chi connectivity index (χ4v) is 11.2. The molecule has 0 saturated heterocycles. The minimum absolute atomic E-state index is 0.0118. The summed E-state index contributed by atoms with van der Waals surface area (Å²) in [6, 6.07) is 25.6. The van der Waals surface area contributed by atoms with Crippen molar-refractivity contribution in [3.8, 4) is 28.6 Å². The second-order valence-corrected chi connectivity index (χ2v) is 24.1. The maximum Gasteiger partial charge on any atom is 0.404 e. The SMILES string of the molecule is COc1ccc(CN(Cc2ccc(OC)cc2)S(=O)(=O)c2c(SCC(CNC(=O)O)O[Si](C)(C)C(C)(C)C)ccc(I)c2-c2nnn(Cc3ccc(OC)cc3)n2)cc1. The Hall–Kier alpha value is -4.21. The Kier molecular flexibility index (Phi) is 15.5. The summed E-state index contributed by atoms with van der Waals surface area (Å²) >= 11 is 3.40. The molecule has 0 fully saturated rings. The second kappa shape index (κ2) is 19.9. The number of aromatic nitrogens is 4. The fraction of sp³-hybridized carbons (Fsp3) is 0.366. The number of amides is 1. The number of thioether (sulfide) groups is 1. The van der Waals surface area contributed by atoms with E-state index in [-0.39, 0.29) is 47.7 Å². The van der Waals surface area contributed by atoms with Crippen molar-refractivity contribution >= 4 is 58.8 Å². The molecule has 4 aromatic carbocycles. The summed E-state index contributed by atoms with van der Waals surface area (Å²) in [5.41, 5.74) is 2.69. The van der Waals surface area contributed by atoms with Crippen LogP contribution < -0.4 is 19.5 Å². The highest BCUT2D eigenvalue weighted by atomic mass is 127. The molecule has 5 rings (SSSR count). The standard InChI is InChI=1S/C41H51IN6O8S2Si/c1-41(2,3)59(7,8)56-34(23-43-40(49)50)27-57-36-22-21-35(42)37(39-44-46-48(45-39)26-30-13-19-33(55-6)20-14-30)38(36)58(51,52)47(24-28-9-15-31(53-4)16-10-28)25-29-11-17-32(54-5)18-12-29/h9-22,34,43H,23-27H2,1-8H3,(H,49,50). The van der Waals surface area contributed by atoms with E-state index in [9.17, 15) is 9.90 Å². The summed E-state index contributed by atoms with van der Waals surface area (Å²) in [7, 11) is -2.01. The smallest absolute Gasteiger partial charge is 0.404 e. The third kappa shape index (κ3) is 12.0. The lowest BCUT2D eigenvalue weighted by atomic mass is 10.2. The third-order valence-electron chi connectivity index (χ3n) is 10.0. The molecule has 0 aliphatic heterocycles. The first-order valence-corrected chi connectivity index (χ1v) is 25.1. The molecule has 1 amide bonds. The van der Waals surface area contributed by atoms with Gasteiger partial charge in [-0.05, 0) is 111 Å². The number of methoxy groups -OCH3 is 3. The number of ether oxygens (including phenoxy) is 3. The molecule has 2 N–H and O–H groups in total. The van der Waals surface area contributed by atoms with E-state index in [0.29, 0.717) is 31.3 Å². The van der Waals surface area contributed by atoms with Crippen molar-refractivity contribution in [3.05, 3.63) is 105 Å². The molecule has 1 atom stereocenters. The second-order valence-electron chi connectivity index (χ2n) is 15.2. The van der Waals surface area contributed by atoms with E-state index >= 15 is 8.42 Å². The molecule has 0 aliphatic carbocycles. The van der Waals surface area contributed by atoms with E-state index in [1.54, 1.807) is 51.7 Å².